The molecule has 0 spiro atoms. The highest BCUT2D eigenvalue weighted by Crippen LogP contribution is 2.49. The number of hydrogen-bond acceptors (Lipinski definition) is 10. The normalized spacial score (nSPS) is 23.4. The second-order valence-electron chi connectivity index (χ2n) is 8.05. The number of para-hydroxylation sites is 1. The van der Waals surface area contributed by atoms with E-state index in [4.69, 9.17) is 13.8 Å². The van der Waals surface area contributed by atoms with Crippen LogP contribution in [-0.2, 0) is 20.4 Å². The molecule has 3 heterocycles. The maximum absolute atomic E-state index is 13.8. The Balaban J connectivity index is 1.45. The molecule has 0 aliphatic carbocycles. The molecule has 0 saturated carbocycles. The summed E-state index contributed by atoms with van der Waals surface area (Å²) in [4.78, 5) is 12.7. The van der Waals surface area contributed by atoms with Crippen molar-refractivity contribution in [1.29, 1.82) is 0 Å². The predicted molar refractivity (Wildman–Crippen MR) is 128 cm³/mol. The molecule has 188 valence electrons. The molecule has 1 saturated heterocycles. The van der Waals surface area contributed by atoms with Gasteiger partial charge in [0.15, 0.2) is 23.2 Å². The highest BCUT2D eigenvalue weighted by atomic mass is 31.2. The fourth-order valence-corrected chi connectivity index (χ4v) is 5.10. The van der Waals surface area contributed by atoms with Crippen molar-refractivity contribution < 1.29 is 33.7 Å². The monoisotopic (exact) mass is 513 g/mol. The number of aromatic nitrogens is 4. The Morgan fingerprint density at radius 3 is 2.42 bits per heavy atom. The van der Waals surface area contributed by atoms with Gasteiger partial charge >= 0.3 is 7.75 Å². The molecule has 1 aliphatic rings. The van der Waals surface area contributed by atoms with Crippen molar-refractivity contribution in [1.82, 2.24) is 19.5 Å². The van der Waals surface area contributed by atoms with Gasteiger partial charge < -0.3 is 24.6 Å². The van der Waals surface area contributed by atoms with Crippen LogP contribution in [0.5, 0.6) is 5.75 Å². The Kier molecular flexibility index (Phi) is 6.97. The third-order valence-corrected chi connectivity index (χ3v) is 7.01. The lowest BCUT2D eigenvalue weighted by Crippen LogP contribution is -2.33. The Morgan fingerprint density at radius 2 is 1.72 bits per heavy atom. The maximum atomic E-state index is 13.8. The van der Waals surface area contributed by atoms with E-state index in [1.165, 1.54) is 17.2 Å². The van der Waals surface area contributed by atoms with Gasteiger partial charge in [-0.25, -0.2) is 19.5 Å². The number of fused-ring (bicyclic) bond motifs is 1. The lowest BCUT2D eigenvalue weighted by atomic mass is 10.1. The van der Waals surface area contributed by atoms with Gasteiger partial charge in [-0.2, -0.15) is 0 Å². The summed E-state index contributed by atoms with van der Waals surface area (Å²) in [6, 6.07) is 17.8. The second kappa shape index (κ2) is 10.3. The van der Waals surface area contributed by atoms with Crippen LogP contribution in [0.4, 0.5) is 5.82 Å². The third-order valence-electron chi connectivity index (χ3n) is 5.61. The quantitative estimate of drug-likeness (QED) is 0.243. The molecule has 1 fully saturated rings. The molecule has 1 unspecified atom stereocenters. The summed E-state index contributed by atoms with van der Waals surface area (Å²) in [7, 11) is -4.03. The largest absolute Gasteiger partial charge is 0.488 e. The number of rotatable bonds is 9. The van der Waals surface area contributed by atoms with Crippen LogP contribution in [0.1, 0.15) is 11.8 Å². The fourth-order valence-electron chi connectivity index (χ4n) is 3.79. The SMILES string of the molecule is O=P(Nc1ncnc2c1ncn2[C@@H]1O[C@H](CO)[C@@H](O)[C@H]1O)(OCc1ccccc1)Oc1ccccc1. The van der Waals surface area contributed by atoms with Gasteiger partial charge in [0.25, 0.3) is 0 Å². The van der Waals surface area contributed by atoms with Gasteiger partial charge in [-0.15, -0.1) is 0 Å². The van der Waals surface area contributed by atoms with Gasteiger partial charge in [-0.1, -0.05) is 48.5 Å². The number of hydrogen-bond donors (Lipinski definition) is 4. The standard InChI is InChI=1S/C23H24N5O7P/c29-11-17-19(30)20(31)23(34-17)28-14-26-18-21(24-13-25-22(18)28)27-36(32,35-16-9-5-2-6-10-16)33-12-15-7-3-1-4-8-15/h1-10,13-14,17,19-20,23,29-31H,11-12H2,(H,24,25,27,32)/t17-,19-,20-,23-,36?/m1/s1. The molecule has 36 heavy (non-hydrogen) atoms. The number of imidazole rings is 1. The lowest BCUT2D eigenvalue weighted by molar-refractivity contribution is -0.0511. The van der Waals surface area contributed by atoms with Crippen LogP contribution in [-0.4, -0.2) is 59.8 Å². The summed E-state index contributed by atoms with van der Waals surface area (Å²) in [5.74, 6) is 0.390. The molecule has 0 bridgehead atoms. The summed E-state index contributed by atoms with van der Waals surface area (Å²) in [5.41, 5.74) is 1.23. The number of aliphatic hydroxyl groups is 3. The van der Waals surface area contributed by atoms with Crippen molar-refractivity contribution >= 4 is 24.7 Å². The molecule has 5 rings (SSSR count). The molecule has 2 aromatic heterocycles. The van der Waals surface area contributed by atoms with Crippen molar-refractivity contribution in [2.45, 2.75) is 31.1 Å². The first-order valence-electron chi connectivity index (χ1n) is 11.1. The van der Waals surface area contributed by atoms with Crippen LogP contribution in [0.2, 0.25) is 0 Å². The van der Waals surface area contributed by atoms with Gasteiger partial charge in [0.1, 0.15) is 30.4 Å². The molecule has 0 radical (unpaired) electrons. The number of aliphatic hydroxyl groups excluding tert-OH is 3. The highest BCUT2D eigenvalue weighted by Gasteiger charge is 2.44. The van der Waals surface area contributed by atoms with Crippen molar-refractivity contribution in [2.24, 2.45) is 0 Å². The van der Waals surface area contributed by atoms with E-state index in [9.17, 15) is 19.9 Å². The number of benzene rings is 2. The van der Waals surface area contributed by atoms with E-state index >= 15 is 0 Å². The average molecular weight is 513 g/mol. The number of anilines is 1. The van der Waals surface area contributed by atoms with Crippen LogP contribution < -0.4 is 9.61 Å². The molecule has 12 nitrogen and oxygen atoms in total. The van der Waals surface area contributed by atoms with Crippen molar-refractivity contribution in [2.75, 3.05) is 11.7 Å². The first-order chi connectivity index (χ1) is 17.5. The molecule has 0 amide bonds. The molecular formula is C23H24N5O7P. The van der Waals surface area contributed by atoms with E-state index in [0.717, 1.165) is 5.56 Å². The number of ether oxygens (including phenoxy) is 1. The van der Waals surface area contributed by atoms with Gasteiger partial charge in [0, 0.05) is 0 Å². The minimum Gasteiger partial charge on any atom is -0.409 e. The Labute approximate surface area is 205 Å². The number of nitrogens with one attached hydrogen (secondary N) is 1. The maximum Gasteiger partial charge on any atom is 0.488 e. The van der Waals surface area contributed by atoms with Gasteiger partial charge in [-0.05, 0) is 17.7 Å². The summed E-state index contributed by atoms with van der Waals surface area (Å²) >= 11 is 0. The molecule has 4 N–H and O–H groups in total. The first kappa shape index (κ1) is 24.3. The van der Waals surface area contributed by atoms with Crippen molar-refractivity contribution in [3.05, 3.63) is 78.9 Å². The zero-order chi connectivity index (χ0) is 25.1. The summed E-state index contributed by atoms with van der Waals surface area (Å²) in [5, 5.41) is 32.7. The molecule has 5 atom stereocenters. The number of nitrogens with zero attached hydrogens (tertiary/aromatic N) is 4. The van der Waals surface area contributed by atoms with E-state index in [1.54, 1.807) is 30.3 Å². The second-order valence-corrected chi connectivity index (χ2v) is 9.71. The van der Waals surface area contributed by atoms with Crippen LogP contribution in [0.15, 0.2) is 73.3 Å². The van der Waals surface area contributed by atoms with Crippen LogP contribution in [0.3, 0.4) is 0 Å². The first-order valence-corrected chi connectivity index (χ1v) is 12.6. The predicted octanol–water partition coefficient (Wildman–Crippen LogP) is 2.25. The van der Waals surface area contributed by atoms with Crippen molar-refractivity contribution in [3.63, 3.8) is 0 Å². The van der Waals surface area contributed by atoms with Gasteiger partial charge in [0.05, 0.1) is 19.5 Å². The zero-order valence-corrected chi connectivity index (χ0v) is 19.8. The molecule has 2 aromatic carbocycles. The Hall–Kier alpha value is -3.38. The Morgan fingerprint density at radius 1 is 1.00 bits per heavy atom. The molecule has 4 aromatic rings. The van der Waals surface area contributed by atoms with Gasteiger partial charge in [-0.3, -0.25) is 14.2 Å². The van der Waals surface area contributed by atoms with Crippen LogP contribution in [0.25, 0.3) is 11.2 Å². The lowest BCUT2D eigenvalue weighted by Gasteiger charge is -2.20. The molecular weight excluding hydrogens is 489 g/mol. The molecule has 13 heteroatoms. The minimum atomic E-state index is -4.03. The third kappa shape index (κ3) is 4.96. The summed E-state index contributed by atoms with van der Waals surface area (Å²) < 4.78 is 32.3. The average Bonchev–Trinajstić information content (AvgIpc) is 3.45. The minimum absolute atomic E-state index is 0.00314. The van der Waals surface area contributed by atoms with Crippen molar-refractivity contribution in [3.8, 4) is 5.75 Å². The Bertz CT molecular complexity index is 1360. The fraction of sp³-hybridized carbons (Fsp3) is 0.261. The smallest absolute Gasteiger partial charge is 0.409 e. The summed E-state index contributed by atoms with van der Waals surface area (Å²) in [6.45, 7) is -0.467. The van der Waals surface area contributed by atoms with E-state index < -0.39 is 38.9 Å². The van der Waals surface area contributed by atoms with E-state index in [2.05, 4.69) is 20.0 Å². The highest BCUT2D eigenvalue weighted by molar-refractivity contribution is 7.55. The van der Waals surface area contributed by atoms with E-state index in [0.29, 0.717) is 5.75 Å². The van der Waals surface area contributed by atoms with E-state index in [1.807, 2.05) is 30.3 Å². The summed E-state index contributed by atoms with van der Waals surface area (Å²) in [6.07, 6.45) is -2.07. The van der Waals surface area contributed by atoms with Crippen LogP contribution in [0, 0.1) is 0 Å². The topological polar surface area (TPSA) is 161 Å². The van der Waals surface area contributed by atoms with E-state index in [-0.39, 0.29) is 23.6 Å². The zero-order valence-electron chi connectivity index (χ0n) is 18.9. The van der Waals surface area contributed by atoms with Crippen LogP contribution >= 0.6 is 7.75 Å². The molecule has 1 aliphatic heterocycles. The van der Waals surface area contributed by atoms with Gasteiger partial charge in [0.2, 0.25) is 0 Å².